The van der Waals surface area contributed by atoms with E-state index in [9.17, 15) is 19.7 Å². The number of anilines is 1. The molecule has 2 aliphatic heterocycles. The molecule has 25 heavy (non-hydrogen) atoms. The largest absolute Gasteiger partial charge is 0.315 e. The summed E-state index contributed by atoms with van der Waals surface area (Å²) in [6.07, 6.45) is -0.844. The highest BCUT2D eigenvalue weighted by atomic mass is 35.5. The van der Waals surface area contributed by atoms with Gasteiger partial charge in [-0.1, -0.05) is 11.6 Å². The van der Waals surface area contributed by atoms with Crippen molar-refractivity contribution in [1.29, 1.82) is 0 Å². The van der Waals surface area contributed by atoms with Crippen LogP contribution in [0.25, 0.3) is 0 Å². The van der Waals surface area contributed by atoms with Gasteiger partial charge >= 0.3 is 6.23 Å². The molecule has 1 aromatic rings. The number of ether oxygens (including phenoxy) is 1. The summed E-state index contributed by atoms with van der Waals surface area (Å²) in [6.45, 7) is 0. The Balaban J connectivity index is 1.76. The van der Waals surface area contributed by atoms with Crippen LogP contribution in [0.3, 0.4) is 0 Å². The molecule has 0 saturated carbocycles. The van der Waals surface area contributed by atoms with Crippen LogP contribution in [0, 0.1) is 16.0 Å². The van der Waals surface area contributed by atoms with E-state index < -0.39 is 35.0 Å². The monoisotopic (exact) mass is 383 g/mol. The molecule has 3 unspecified atom stereocenters. The Bertz CT molecular complexity index is 741. The molecular formula is C15H14ClN3O5S. The van der Waals surface area contributed by atoms with Crippen molar-refractivity contribution in [3.63, 3.8) is 0 Å². The van der Waals surface area contributed by atoms with E-state index in [-0.39, 0.29) is 18.0 Å². The lowest BCUT2D eigenvalue weighted by Gasteiger charge is -2.33. The van der Waals surface area contributed by atoms with Crippen LogP contribution >= 0.6 is 23.8 Å². The van der Waals surface area contributed by atoms with Crippen LogP contribution in [0.4, 0.5) is 5.69 Å². The molecule has 2 fully saturated rings. The second kappa shape index (κ2) is 7.03. The number of halogens is 1. The predicted molar refractivity (Wildman–Crippen MR) is 92.7 cm³/mol. The Morgan fingerprint density at radius 1 is 1.32 bits per heavy atom. The van der Waals surface area contributed by atoms with Gasteiger partial charge in [0.1, 0.15) is 5.92 Å². The fourth-order valence-electron chi connectivity index (χ4n) is 2.94. The van der Waals surface area contributed by atoms with Gasteiger partial charge in [0.25, 0.3) is 0 Å². The van der Waals surface area contributed by atoms with Gasteiger partial charge in [-0.25, -0.2) is 0 Å². The molecule has 0 radical (unpaired) electrons. The van der Waals surface area contributed by atoms with Gasteiger partial charge in [-0.15, -0.1) is 0 Å². The van der Waals surface area contributed by atoms with E-state index in [1.54, 1.807) is 24.3 Å². The van der Waals surface area contributed by atoms with Gasteiger partial charge in [-0.05, 0) is 49.3 Å². The van der Waals surface area contributed by atoms with Gasteiger partial charge in [0.2, 0.25) is 11.8 Å². The average molecular weight is 384 g/mol. The molecule has 0 bridgehead atoms. The van der Waals surface area contributed by atoms with Crippen molar-refractivity contribution in [2.45, 2.75) is 31.6 Å². The minimum atomic E-state index is -1.08. The molecule has 2 saturated heterocycles. The minimum Gasteiger partial charge on any atom is -0.314 e. The fraction of sp³-hybridized carbons (Fsp3) is 0.400. The molecule has 0 aliphatic carbocycles. The second-order valence-electron chi connectivity index (χ2n) is 5.81. The molecule has 2 aliphatic rings. The van der Waals surface area contributed by atoms with Crippen LogP contribution in [0.5, 0.6) is 0 Å². The summed E-state index contributed by atoms with van der Waals surface area (Å²) in [5, 5.41) is 13.8. The number of benzene rings is 1. The van der Waals surface area contributed by atoms with Gasteiger partial charge in [-0.2, -0.15) is 0 Å². The number of amides is 2. The van der Waals surface area contributed by atoms with Crippen LogP contribution in [-0.4, -0.2) is 34.2 Å². The first-order valence-electron chi connectivity index (χ1n) is 7.60. The highest BCUT2D eigenvalue weighted by Crippen LogP contribution is 2.29. The van der Waals surface area contributed by atoms with E-state index in [0.29, 0.717) is 17.1 Å². The zero-order valence-corrected chi connectivity index (χ0v) is 14.5. The number of carbonyl (C=O) groups is 2. The van der Waals surface area contributed by atoms with Crippen LogP contribution in [-0.2, 0) is 14.3 Å². The second-order valence-corrected chi connectivity index (χ2v) is 6.63. The van der Waals surface area contributed by atoms with E-state index in [0.717, 1.165) is 0 Å². The molecule has 8 nitrogen and oxygen atoms in total. The molecule has 3 rings (SSSR count). The van der Waals surface area contributed by atoms with Crippen molar-refractivity contribution in [3.8, 4) is 0 Å². The minimum absolute atomic E-state index is 0.0101. The summed E-state index contributed by atoms with van der Waals surface area (Å²) >= 11 is 11.0. The Morgan fingerprint density at radius 3 is 2.60 bits per heavy atom. The quantitative estimate of drug-likeness (QED) is 0.368. The third kappa shape index (κ3) is 3.63. The van der Waals surface area contributed by atoms with Crippen molar-refractivity contribution in [2.75, 3.05) is 4.90 Å². The normalized spacial score (nSPS) is 26.7. The zero-order valence-electron chi connectivity index (χ0n) is 12.9. The van der Waals surface area contributed by atoms with Crippen LogP contribution in [0.1, 0.15) is 19.3 Å². The van der Waals surface area contributed by atoms with Gasteiger partial charge in [0.05, 0.1) is 16.7 Å². The maximum atomic E-state index is 12.8. The standard InChI is InChI=1S/C15H14ClN3O5S/c16-8-1-3-9(4-2-8)18-14(21)11(13(20)17-15(18)25)7-10-5-6-12(24-10)19(22)23/h1-4,10-12H,5-7H2,(H,17,20,25). The van der Waals surface area contributed by atoms with Crippen LogP contribution in [0.15, 0.2) is 24.3 Å². The first-order valence-corrected chi connectivity index (χ1v) is 8.38. The molecule has 2 amide bonds. The smallest absolute Gasteiger partial charge is 0.314 e. The Hall–Kier alpha value is -2.10. The number of hydrogen-bond donors (Lipinski definition) is 1. The lowest BCUT2D eigenvalue weighted by molar-refractivity contribution is -0.571. The van der Waals surface area contributed by atoms with Crippen LogP contribution in [0.2, 0.25) is 5.02 Å². The highest BCUT2D eigenvalue weighted by Gasteiger charge is 2.43. The lowest BCUT2D eigenvalue weighted by atomic mass is 9.95. The highest BCUT2D eigenvalue weighted by molar-refractivity contribution is 7.80. The molecular weight excluding hydrogens is 370 g/mol. The van der Waals surface area contributed by atoms with E-state index in [1.807, 2.05) is 0 Å². The maximum absolute atomic E-state index is 12.8. The number of hydrogen-bond acceptors (Lipinski definition) is 6. The lowest BCUT2D eigenvalue weighted by Crippen LogP contribution is -2.58. The maximum Gasteiger partial charge on any atom is 0.315 e. The topological polar surface area (TPSA) is 102 Å². The molecule has 3 atom stereocenters. The van der Waals surface area contributed by atoms with E-state index >= 15 is 0 Å². The summed E-state index contributed by atoms with van der Waals surface area (Å²) < 4.78 is 5.31. The summed E-state index contributed by atoms with van der Waals surface area (Å²) in [6, 6.07) is 6.46. The van der Waals surface area contributed by atoms with Gasteiger partial charge < -0.3 is 10.1 Å². The predicted octanol–water partition coefficient (Wildman–Crippen LogP) is 1.88. The van der Waals surface area contributed by atoms with Crippen LogP contribution < -0.4 is 10.2 Å². The SMILES string of the molecule is O=C1NC(=S)N(c2ccc(Cl)cc2)C(=O)C1CC1CCC([N+](=O)[O-])O1. The fourth-order valence-corrected chi connectivity index (χ4v) is 3.36. The molecule has 0 spiro atoms. The average Bonchev–Trinajstić information content (AvgIpc) is 3.02. The van der Waals surface area contributed by atoms with E-state index in [1.165, 1.54) is 4.90 Å². The number of rotatable bonds is 4. The third-order valence-corrected chi connectivity index (χ3v) is 4.71. The number of carbonyl (C=O) groups excluding carboxylic acids is 2. The number of nitrogens with zero attached hydrogens (tertiary/aromatic N) is 2. The molecule has 0 aromatic heterocycles. The van der Waals surface area contributed by atoms with Crippen molar-refractivity contribution < 1.29 is 19.2 Å². The molecule has 2 heterocycles. The summed E-state index contributed by atoms with van der Waals surface area (Å²) in [7, 11) is 0. The summed E-state index contributed by atoms with van der Waals surface area (Å²) in [5.41, 5.74) is 0.486. The third-order valence-electron chi connectivity index (χ3n) is 4.17. The van der Waals surface area contributed by atoms with Crippen molar-refractivity contribution >= 4 is 46.4 Å². The number of thiocarbonyl (C=S) groups is 1. The van der Waals surface area contributed by atoms with Crippen molar-refractivity contribution in [1.82, 2.24) is 5.32 Å². The van der Waals surface area contributed by atoms with E-state index in [2.05, 4.69) is 5.32 Å². The van der Waals surface area contributed by atoms with E-state index in [4.69, 9.17) is 28.6 Å². The van der Waals surface area contributed by atoms with Crippen molar-refractivity contribution in [2.24, 2.45) is 5.92 Å². The molecule has 1 aromatic carbocycles. The molecule has 132 valence electrons. The van der Waals surface area contributed by atoms with Gasteiger partial charge in [-0.3, -0.25) is 24.6 Å². The zero-order chi connectivity index (χ0) is 18.1. The Labute approximate surface area is 153 Å². The number of nitrogens with one attached hydrogen (secondary N) is 1. The Kier molecular flexibility index (Phi) is 4.98. The summed E-state index contributed by atoms with van der Waals surface area (Å²) in [5.74, 6) is -2.02. The van der Waals surface area contributed by atoms with Gasteiger partial charge in [0.15, 0.2) is 5.11 Å². The Morgan fingerprint density at radius 2 is 2.00 bits per heavy atom. The summed E-state index contributed by atoms with van der Waals surface area (Å²) in [4.78, 5) is 36.5. The molecule has 1 N–H and O–H groups in total. The first-order chi connectivity index (χ1) is 11.9. The van der Waals surface area contributed by atoms with Crippen molar-refractivity contribution in [3.05, 3.63) is 39.4 Å². The van der Waals surface area contributed by atoms with Gasteiger partial charge in [0, 0.05) is 11.4 Å². The molecule has 10 heteroatoms. The first kappa shape index (κ1) is 17.7. The number of nitro groups is 1.